The van der Waals surface area contributed by atoms with Crippen LogP contribution in [0.5, 0.6) is 0 Å². The van der Waals surface area contributed by atoms with E-state index >= 15 is 0 Å². The molecule has 0 saturated heterocycles. The van der Waals surface area contributed by atoms with Crippen molar-refractivity contribution in [3.8, 4) is 0 Å². The van der Waals surface area contributed by atoms with Gasteiger partial charge in [-0.05, 0) is 42.0 Å². The number of rotatable bonds is 4. The van der Waals surface area contributed by atoms with Gasteiger partial charge in [0, 0.05) is 26.3 Å². The Morgan fingerprint density at radius 3 is 2.38 bits per heavy atom. The summed E-state index contributed by atoms with van der Waals surface area (Å²) in [5, 5.41) is 6.31. The predicted molar refractivity (Wildman–Crippen MR) is 90.2 cm³/mol. The van der Waals surface area contributed by atoms with Crippen LogP contribution in [0.1, 0.15) is 5.56 Å². The second-order valence-corrected chi connectivity index (χ2v) is 5.26. The Bertz CT molecular complexity index is 611. The maximum absolute atomic E-state index is 13.5. The Hall–Kier alpha value is -2.14. The summed E-state index contributed by atoms with van der Waals surface area (Å²) in [6.45, 7) is 0.591. The largest absolute Gasteiger partial charge is 0.378 e. The zero-order valence-corrected chi connectivity index (χ0v) is 12.9. The van der Waals surface area contributed by atoms with Crippen LogP contribution in [0.4, 0.5) is 15.8 Å². The number of nitrogens with one attached hydrogen (secondary N) is 2. The number of hydrogen-bond acceptors (Lipinski definition) is 2. The van der Waals surface area contributed by atoms with E-state index in [0.29, 0.717) is 17.3 Å². The highest BCUT2D eigenvalue weighted by atomic mass is 32.1. The molecule has 0 aliphatic heterocycles. The van der Waals surface area contributed by atoms with Crippen LogP contribution in [-0.4, -0.2) is 19.2 Å². The van der Waals surface area contributed by atoms with Gasteiger partial charge in [0.15, 0.2) is 5.11 Å². The first-order valence-corrected chi connectivity index (χ1v) is 7.03. The van der Waals surface area contributed by atoms with Crippen molar-refractivity contribution in [1.29, 1.82) is 0 Å². The lowest BCUT2D eigenvalue weighted by Crippen LogP contribution is -2.28. The molecular weight excluding hydrogens is 285 g/mol. The molecule has 0 heterocycles. The van der Waals surface area contributed by atoms with Crippen molar-refractivity contribution in [2.75, 3.05) is 24.3 Å². The summed E-state index contributed by atoms with van der Waals surface area (Å²) in [6.07, 6.45) is 0. The van der Waals surface area contributed by atoms with E-state index in [9.17, 15) is 4.39 Å². The van der Waals surface area contributed by atoms with Crippen molar-refractivity contribution in [3.05, 3.63) is 59.9 Å². The molecule has 2 aromatic rings. The number of halogens is 1. The van der Waals surface area contributed by atoms with Crippen LogP contribution in [0.25, 0.3) is 0 Å². The Balaban J connectivity index is 1.88. The van der Waals surface area contributed by atoms with Crippen LogP contribution in [0, 0.1) is 5.82 Å². The van der Waals surface area contributed by atoms with Gasteiger partial charge < -0.3 is 15.5 Å². The van der Waals surface area contributed by atoms with Gasteiger partial charge >= 0.3 is 0 Å². The molecule has 0 saturated carbocycles. The predicted octanol–water partition coefficient (Wildman–Crippen LogP) is 3.38. The highest BCUT2D eigenvalue weighted by Crippen LogP contribution is 2.13. The number of thiocarbonyl (C=S) groups is 1. The Kier molecular flexibility index (Phi) is 5.11. The maximum atomic E-state index is 13.5. The monoisotopic (exact) mass is 303 g/mol. The summed E-state index contributed by atoms with van der Waals surface area (Å²) in [5.41, 5.74) is 2.63. The number of anilines is 2. The van der Waals surface area contributed by atoms with Crippen LogP contribution in [0.2, 0.25) is 0 Å². The fraction of sp³-hybridized carbons (Fsp3) is 0.188. The lowest BCUT2D eigenvalue weighted by molar-refractivity contribution is 0.632. The molecule has 21 heavy (non-hydrogen) atoms. The maximum Gasteiger partial charge on any atom is 0.171 e. The average Bonchev–Trinajstić information content (AvgIpc) is 2.48. The quantitative estimate of drug-likeness (QED) is 0.847. The van der Waals surface area contributed by atoms with Crippen LogP contribution in [-0.2, 0) is 6.54 Å². The minimum absolute atomic E-state index is 0.322. The summed E-state index contributed by atoms with van der Waals surface area (Å²) in [5.74, 6) is -0.322. The van der Waals surface area contributed by atoms with E-state index in [1.807, 2.05) is 43.3 Å². The van der Waals surface area contributed by atoms with E-state index in [4.69, 9.17) is 12.2 Å². The molecule has 5 heteroatoms. The molecule has 3 nitrogen and oxygen atoms in total. The lowest BCUT2D eigenvalue weighted by atomic mass is 10.2. The molecule has 110 valence electrons. The van der Waals surface area contributed by atoms with Crippen molar-refractivity contribution >= 4 is 28.7 Å². The molecule has 0 radical (unpaired) electrons. The van der Waals surface area contributed by atoms with Crippen molar-refractivity contribution in [2.45, 2.75) is 6.54 Å². The van der Waals surface area contributed by atoms with Crippen LogP contribution < -0.4 is 15.5 Å². The van der Waals surface area contributed by atoms with E-state index in [0.717, 1.165) is 11.3 Å². The molecular formula is C16H18FN3S. The molecule has 0 bridgehead atoms. The van der Waals surface area contributed by atoms with Crippen LogP contribution >= 0.6 is 12.2 Å². The van der Waals surface area contributed by atoms with Gasteiger partial charge in [-0.2, -0.15) is 0 Å². The highest BCUT2D eigenvalue weighted by molar-refractivity contribution is 7.80. The third kappa shape index (κ3) is 4.43. The van der Waals surface area contributed by atoms with Gasteiger partial charge in [0.1, 0.15) is 5.82 Å². The first-order valence-electron chi connectivity index (χ1n) is 6.62. The smallest absolute Gasteiger partial charge is 0.171 e. The van der Waals surface area contributed by atoms with Gasteiger partial charge in [-0.15, -0.1) is 0 Å². The van der Waals surface area contributed by atoms with E-state index in [-0.39, 0.29) is 5.82 Å². The van der Waals surface area contributed by atoms with Crippen molar-refractivity contribution in [3.63, 3.8) is 0 Å². The summed E-state index contributed by atoms with van der Waals surface area (Å²) in [6, 6.07) is 14.6. The van der Waals surface area contributed by atoms with E-state index in [2.05, 4.69) is 10.6 Å². The van der Waals surface area contributed by atoms with E-state index < -0.39 is 0 Å². The standard InChI is InChI=1S/C16H18FN3S/c1-20(2)13-9-7-12(8-10-13)11-18-16(21)19-15-6-4-3-5-14(15)17/h3-10H,11H2,1-2H3,(H2,18,19,21). The molecule has 0 amide bonds. The summed E-state index contributed by atoms with van der Waals surface area (Å²) in [7, 11) is 4.00. The molecule has 2 rings (SSSR count). The Labute approximate surface area is 129 Å². The first kappa shape index (κ1) is 15.3. The third-order valence-electron chi connectivity index (χ3n) is 3.03. The molecule has 0 aliphatic rings. The zero-order chi connectivity index (χ0) is 15.2. The number of para-hydroxylation sites is 1. The molecule has 2 aromatic carbocycles. The van der Waals surface area contributed by atoms with Gasteiger partial charge in [-0.25, -0.2) is 4.39 Å². The van der Waals surface area contributed by atoms with Gasteiger partial charge in [-0.3, -0.25) is 0 Å². The first-order chi connectivity index (χ1) is 10.1. The summed E-state index contributed by atoms with van der Waals surface area (Å²) < 4.78 is 13.5. The fourth-order valence-electron chi connectivity index (χ4n) is 1.82. The topological polar surface area (TPSA) is 27.3 Å². The third-order valence-corrected chi connectivity index (χ3v) is 3.27. The highest BCUT2D eigenvalue weighted by Gasteiger charge is 2.03. The summed E-state index contributed by atoms with van der Waals surface area (Å²) >= 11 is 5.17. The van der Waals surface area contributed by atoms with Gasteiger partial charge in [0.2, 0.25) is 0 Å². The zero-order valence-electron chi connectivity index (χ0n) is 12.1. The molecule has 0 fully saturated rings. The molecule has 0 spiro atoms. The lowest BCUT2D eigenvalue weighted by Gasteiger charge is -2.14. The fourth-order valence-corrected chi connectivity index (χ4v) is 2.01. The van der Waals surface area contributed by atoms with Gasteiger partial charge in [0.25, 0.3) is 0 Å². The molecule has 0 unspecified atom stereocenters. The number of nitrogens with zero attached hydrogens (tertiary/aromatic N) is 1. The molecule has 0 aliphatic carbocycles. The molecule has 2 N–H and O–H groups in total. The van der Waals surface area contributed by atoms with Crippen molar-refractivity contribution < 1.29 is 4.39 Å². The van der Waals surface area contributed by atoms with E-state index in [1.165, 1.54) is 6.07 Å². The average molecular weight is 303 g/mol. The molecule has 0 aromatic heterocycles. The second kappa shape index (κ2) is 7.04. The van der Waals surface area contributed by atoms with Gasteiger partial charge in [-0.1, -0.05) is 24.3 Å². The number of hydrogen-bond donors (Lipinski definition) is 2. The minimum atomic E-state index is -0.322. The van der Waals surface area contributed by atoms with Gasteiger partial charge in [0.05, 0.1) is 5.69 Å². The molecule has 0 atom stereocenters. The Morgan fingerprint density at radius 1 is 1.10 bits per heavy atom. The van der Waals surface area contributed by atoms with Crippen LogP contribution in [0.3, 0.4) is 0 Å². The second-order valence-electron chi connectivity index (χ2n) is 4.85. The number of benzene rings is 2. The SMILES string of the molecule is CN(C)c1ccc(CNC(=S)Nc2ccccc2F)cc1. The van der Waals surface area contributed by atoms with Crippen molar-refractivity contribution in [1.82, 2.24) is 5.32 Å². The Morgan fingerprint density at radius 2 is 1.76 bits per heavy atom. The van der Waals surface area contributed by atoms with Crippen molar-refractivity contribution in [2.24, 2.45) is 0 Å². The summed E-state index contributed by atoms with van der Waals surface area (Å²) in [4.78, 5) is 2.04. The minimum Gasteiger partial charge on any atom is -0.378 e. The normalized spacial score (nSPS) is 10.0. The van der Waals surface area contributed by atoms with Crippen LogP contribution in [0.15, 0.2) is 48.5 Å². The van der Waals surface area contributed by atoms with E-state index in [1.54, 1.807) is 18.2 Å².